The van der Waals surface area contributed by atoms with Gasteiger partial charge < -0.3 is 15.0 Å². The van der Waals surface area contributed by atoms with Crippen molar-refractivity contribution in [1.29, 1.82) is 0 Å². The van der Waals surface area contributed by atoms with Gasteiger partial charge in [0, 0.05) is 23.6 Å². The molecule has 2 amide bonds. The normalized spacial score (nSPS) is 11.9. The lowest BCUT2D eigenvalue weighted by atomic mass is 10.1. The van der Waals surface area contributed by atoms with E-state index < -0.39 is 28.5 Å². The van der Waals surface area contributed by atoms with Crippen LogP contribution in [0.3, 0.4) is 0 Å². The number of hydrogen-bond acceptors (Lipinski definition) is 5. The molecule has 0 heterocycles. The van der Waals surface area contributed by atoms with Crippen molar-refractivity contribution in [3.63, 3.8) is 0 Å². The van der Waals surface area contributed by atoms with E-state index >= 15 is 0 Å². The van der Waals surface area contributed by atoms with Gasteiger partial charge in [-0.15, -0.1) is 0 Å². The molecule has 11 heteroatoms. The summed E-state index contributed by atoms with van der Waals surface area (Å²) in [6.45, 7) is 3.23. The van der Waals surface area contributed by atoms with E-state index in [-0.39, 0.29) is 29.5 Å². The molecule has 0 aliphatic heterocycles. The molecular weight excluding hydrogens is 561 g/mol. The summed E-state index contributed by atoms with van der Waals surface area (Å²) in [5, 5.41) is 3.33. The lowest BCUT2D eigenvalue weighted by molar-refractivity contribution is -0.140. The van der Waals surface area contributed by atoms with Crippen LogP contribution >= 0.6 is 23.2 Å². The van der Waals surface area contributed by atoms with Gasteiger partial charge in [-0.3, -0.25) is 13.9 Å². The highest BCUT2D eigenvalue weighted by Crippen LogP contribution is 2.33. The van der Waals surface area contributed by atoms with Crippen LogP contribution in [0.4, 0.5) is 5.69 Å². The Morgan fingerprint density at radius 1 is 0.974 bits per heavy atom. The van der Waals surface area contributed by atoms with Crippen LogP contribution in [0.2, 0.25) is 10.0 Å². The number of likely N-dealkylation sites (N-methyl/N-ethyl adjacent to an activating group) is 1. The largest absolute Gasteiger partial charge is 0.492 e. The summed E-state index contributed by atoms with van der Waals surface area (Å²) >= 11 is 12.5. The monoisotopic (exact) mass is 591 g/mol. The molecular formula is C28H31Cl2N3O5S. The molecule has 8 nitrogen and oxygen atoms in total. The predicted molar refractivity (Wildman–Crippen MR) is 154 cm³/mol. The van der Waals surface area contributed by atoms with Crippen molar-refractivity contribution in [2.45, 2.75) is 37.8 Å². The fourth-order valence-electron chi connectivity index (χ4n) is 4.09. The van der Waals surface area contributed by atoms with E-state index in [1.54, 1.807) is 74.5 Å². The first-order chi connectivity index (χ1) is 18.6. The van der Waals surface area contributed by atoms with Crippen LogP contribution in [0.25, 0.3) is 0 Å². The minimum atomic E-state index is -4.21. The standard InChI is InChI=1S/C28H31Cl2N3O5S/c1-4-24(28(35)31-3)32(18-20-15-16-21(29)17-23(20)30)27(34)19-33(25-13-9-10-14-26(25)38-5-2)39(36,37)22-11-7-6-8-12-22/h6-17,24H,4-5,18-19H2,1-3H3,(H,31,35)/t24-/m1/s1. The molecule has 3 aromatic carbocycles. The van der Waals surface area contributed by atoms with E-state index in [2.05, 4.69) is 5.32 Å². The van der Waals surface area contributed by atoms with Gasteiger partial charge in [0.2, 0.25) is 11.8 Å². The maximum atomic E-state index is 14.0. The molecule has 208 valence electrons. The number of rotatable bonds is 12. The van der Waals surface area contributed by atoms with E-state index in [1.807, 2.05) is 0 Å². The number of ether oxygens (including phenoxy) is 1. The summed E-state index contributed by atoms with van der Waals surface area (Å²) in [6, 6.07) is 18.4. The molecule has 39 heavy (non-hydrogen) atoms. The second-order valence-corrected chi connectivity index (χ2v) is 11.2. The molecule has 0 unspecified atom stereocenters. The van der Waals surface area contributed by atoms with Crippen LogP contribution < -0.4 is 14.4 Å². The average molecular weight is 593 g/mol. The van der Waals surface area contributed by atoms with Gasteiger partial charge in [0.15, 0.2) is 0 Å². The maximum absolute atomic E-state index is 14.0. The van der Waals surface area contributed by atoms with Gasteiger partial charge in [-0.1, -0.05) is 66.5 Å². The second kappa shape index (κ2) is 13.7. The number of benzene rings is 3. The first-order valence-corrected chi connectivity index (χ1v) is 14.6. The number of anilines is 1. The minimum Gasteiger partial charge on any atom is -0.492 e. The number of nitrogens with zero attached hydrogens (tertiary/aromatic N) is 2. The lowest BCUT2D eigenvalue weighted by Gasteiger charge is -2.33. The quantitative estimate of drug-likeness (QED) is 0.314. The zero-order valence-corrected chi connectivity index (χ0v) is 24.3. The fourth-order valence-corrected chi connectivity index (χ4v) is 6.01. The molecule has 0 radical (unpaired) electrons. The maximum Gasteiger partial charge on any atom is 0.264 e. The van der Waals surface area contributed by atoms with Crippen LogP contribution in [0, 0.1) is 0 Å². The molecule has 0 aromatic heterocycles. The van der Waals surface area contributed by atoms with Crippen LogP contribution in [0.5, 0.6) is 5.75 Å². The Kier molecular flexibility index (Phi) is 10.6. The average Bonchev–Trinajstić information content (AvgIpc) is 2.93. The number of nitrogens with one attached hydrogen (secondary N) is 1. The SMILES string of the molecule is CCOc1ccccc1N(CC(=O)N(Cc1ccc(Cl)cc1Cl)[C@H](CC)C(=O)NC)S(=O)(=O)c1ccccc1. The Hall–Kier alpha value is -3.27. The second-order valence-electron chi connectivity index (χ2n) is 8.52. The first kappa shape index (κ1) is 30.3. The number of hydrogen-bond donors (Lipinski definition) is 1. The van der Waals surface area contributed by atoms with Crippen molar-refractivity contribution >= 4 is 50.7 Å². The van der Waals surface area contributed by atoms with E-state index in [1.165, 1.54) is 24.1 Å². The topological polar surface area (TPSA) is 96.0 Å². The third-order valence-corrected chi connectivity index (χ3v) is 8.39. The van der Waals surface area contributed by atoms with E-state index in [4.69, 9.17) is 27.9 Å². The summed E-state index contributed by atoms with van der Waals surface area (Å²) in [4.78, 5) is 28.2. The zero-order valence-electron chi connectivity index (χ0n) is 21.9. The molecule has 0 aliphatic carbocycles. The first-order valence-electron chi connectivity index (χ1n) is 12.4. The number of amides is 2. The molecule has 0 fully saturated rings. The number of para-hydroxylation sites is 2. The van der Waals surface area contributed by atoms with Gasteiger partial charge in [0.25, 0.3) is 10.0 Å². The Morgan fingerprint density at radius 2 is 1.64 bits per heavy atom. The Labute approximate surface area is 239 Å². The summed E-state index contributed by atoms with van der Waals surface area (Å²) in [5.74, 6) is -0.677. The summed E-state index contributed by atoms with van der Waals surface area (Å²) in [7, 11) is -2.73. The number of sulfonamides is 1. The highest BCUT2D eigenvalue weighted by molar-refractivity contribution is 7.92. The number of carbonyl (C=O) groups is 2. The highest BCUT2D eigenvalue weighted by Gasteiger charge is 2.34. The molecule has 0 aliphatic rings. The summed E-state index contributed by atoms with van der Waals surface area (Å²) in [6.07, 6.45) is 0.289. The molecule has 3 rings (SSSR count). The zero-order chi connectivity index (χ0) is 28.6. The molecule has 0 bridgehead atoms. The summed E-state index contributed by atoms with van der Waals surface area (Å²) in [5.41, 5.74) is 0.762. The van der Waals surface area contributed by atoms with Gasteiger partial charge in [0.05, 0.1) is 17.2 Å². The van der Waals surface area contributed by atoms with Gasteiger partial charge in [-0.05, 0) is 55.3 Å². The van der Waals surface area contributed by atoms with Crippen LogP contribution in [-0.4, -0.2) is 51.4 Å². The van der Waals surface area contributed by atoms with Gasteiger partial charge in [-0.25, -0.2) is 8.42 Å². The van der Waals surface area contributed by atoms with Gasteiger partial charge in [0.1, 0.15) is 18.3 Å². The molecule has 0 spiro atoms. The van der Waals surface area contributed by atoms with Gasteiger partial charge in [-0.2, -0.15) is 0 Å². The molecule has 3 aromatic rings. The van der Waals surface area contributed by atoms with E-state index in [9.17, 15) is 18.0 Å². The van der Waals surface area contributed by atoms with Crippen molar-refractivity contribution in [2.24, 2.45) is 0 Å². The van der Waals surface area contributed by atoms with Crippen LogP contribution in [0.1, 0.15) is 25.8 Å². The van der Waals surface area contributed by atoms with E-state index in [0.29, 0.717) is 28.0 Å². The van der Waals surface area contributed by atoms with Crippen molar-refractivity contribution in [3.8, 4) is 5.75 Å². The minimum absolute atomic E-state index is 0.00902. The van der Waals surface area contributed by atoms with E-state index in [0.717, 1.165) is 4.31 Å². The van der Waals surface area contributed by atoms with Crippen molar-refractivity contribution < 1.29 is 22.7 Å². The molecule has 0 saturated heterocycles. The Morgan fingerprint density at radius 3 is 2.26 bits per heavy atom. The molecule has 0 saturated carbocycles. The fraction of sp³-hybridized carbons (Fsp3) is 0.286. The van der Waals surface area contributed by atoms with Crippen molar-refractivity contribution in [2.75, 3.05) is 24.5 Å². The molecule has 1 N–H and O–H groups in total. The smallest absolute Gasteiger partial charge is 0.264 e. The number of carbonyl (C=O) groups excluding carboxylic acids is 2. The molecule has 1 atom stereocenters. The number of halogens is 2. The van der Waals surface area contributed by atoms with Crippen molar-refractivity contribution in [3.05, 3.63) is 88.4 Å². The van der Waals surface area contributed by atoms with Gasteiger partial charge >= 0.3 is 0 Å². The lowest BCUT2D eigenvalue weighted by Crippen LogP contribution is -2.51. The Balaban J connectivity index is 2.12. The van der Waals surface area contributed by atoms with Crippen LogP contribution in [0.15, 0.2) is 77.7 Å². The highest BCUT2D eigenvalue weighted by atomic mass is 35.5. The summed E-state index contributed by atoms with van der Waals surface area (Å²) < 4.78 is 34.6. The van der Waals surface area contributed by atoms with Crippen molar-refractivity contribution in [1.82, 2.24) is 10.2 Å². The third kappa shape index (κ3) is 7.23. The van der Waals surface area contributed by atoms with Crippen LogP contribution in [-0.2, 0) is 26.2 Å². The Bertz CT molecular complexity index is 1400. The predicted octanol–water partition coefficient (Wildman–Crippen LogP) is 5.14. The third-order valence-electron chi connectivity index (χ3n) is 6.03.